The molecule has 1 rings (SSSR count). The summed E-state index contributed by atoms with van der Waals surface area (Å²) in [6.07, 6.45) is 0.724. The molecule has 0 radical (unpaired) electrons. The fourth-order valence-electron chi connectivity index (χ4n) is 1.46. The average Bonchev–Trinajstić information content (AvgIpc) is 2.25. The molecule has 0 spiro atoms. The maximum atomic E-state index is 11.0. The van der Waals surface area contributed by atoms with Gasteiger partial charge in [-0.2, -0.15) is 0 Å². The second-order valence-electron chi connectivity index (χ2n) is 4.23. The molecule has 4 nitrogen and oxygen atoms in total. The minimum Gasteiger partial charge on any atom is -0.493 e. The summed E-state index contributed by atoms with van der Waals surface area (Å²) in [5.74, 6) is 0.657. The van der Waals surface area contributed by atoms with E-state index in [0.29, 0.717) is 6.61 Å². The molecule has 0 bridgehead atoms. The quantitative estimate of drug-likeness (QED) is 0.843. The SMILES string of the molecule is CCC(COc1ccc(C)cc1)CS(N)(=O)=O. The Hall–Kier alpha value is -1.07. The molecule has 1 aromatic rings. The van der Waals surface area contributed by atoms with Crippen LogP contribution in [0.2, 0.25) is 0 Å². The zero-order valence-electron chi connectivity index (χ0n) is 10.2. The van der Waals surface area contributed by atoms with Crippen molar-refractivity contribution in [3.63, 3.8) is 0 Å². The Morgan fingerprint density at radius 3 is 2.35 bits per heavy atom. The molecule has 0 fully saturated rings. The Labute approximate surface area is 103 Å². The summed E-state index contributed by atoms with van der Waals surface area (Å²) in [5.41, 5.74) is 1.16. The molecule has 0 amide bonds. The molecule has 0 saturated carbocycles. The molecule has 1 atom stereocenters. The first-order valence-electron chi connectivity index (χ1n) is 5.60. The van der Waals surface area contributed by atoms with Gasteiger partial charge >= 0.3 is 0 Å². The minimum atomic E-state index is -3.43. The van der Waals surface area contributed by atoms with E-state index < -0.39 is 10.0 Å². The van der Waals surface area contributed by atoms with Gasteiger partial charge in [0.2, 0.25) is 10.0 Å². The summed E-state index contributed by atoms with van der Waals surface area (Å²) in [5, 5.41) is 5.02. The molecular weight excluding hydrogens is 238 g/mol. The van der Waals surface area contributed by atoms with Crippen LogP contribution in [-0.4, -0.2) is 20.8 Å². The van der Waals surface area contributed by atoms with Gasteiger partial charge in [-0.1, -0.05) is 24.6 Å². The molecule has 0 aliphatic rings. The topological polar surface area (TPSA) is 69.4 Å². The van der Waals surface area contributed by atoms with Crippen molar-refractivity contribution < 1.29 is 13.2 Å². The molecule has 17 heavy (non-hydrogen) atoms. The number of primary sulfonamides is 1. The Kier molecular flexibility index (Phi) is 4.96. The molecule has 1 aromatic carbocycles. The molecule has 0 saturated heterocycles. The molecule has 2 N–H and O–H groups in total. The van der Waals surface area contributed by atoms with E-state index in [0.717, 1.165) is 17.7 Å². The number of sulfonamides is 1. The molecule has 96 valence electrons. The van der Waals surface area contributed by atoms with Crippen LogP contribution in [0.15, 0.2) is 24.3 Å². The zero-order chi connectivity index (χ0) is 12.9. The second-order valence-corrected chi connectivity index (χ2v) is 5.89. The van der Waals surface area contributed by atoms with E-state index in [9.17, 15) is 8.42 Å². The predicted molar refractivity (Wildman–Crippen MR) is 68.4 cm³/mol. The molecular formula is C12H19NO3S. The third-order valence-corrected chi connectivity index (χ3v) is 3.49. The first kappa shape index (κ1) is 14.0. The largest absolute Gasteiger partial charge is 0.493 e. The molecule has 0 aromatic heterocycles. The van der Waals surface area contributed by atoms with Crippen molar-refractivity contribution in [3.8, 4) is 5.75 Å². The van der Waals surface area contributed by atoms with Gasteiger partial charge in [0.05, 0.1) is 12.4 Å². The van der Waals surface area contributed by atoms with Crippen LogP contribution in [0.1, 0.15) is 18.9 Å². The van der Waals surface area contributed by atoms with Gasteiger partial charge in [-0.05, 0) is 25.5 Å². The molecule has 5 heteroatoms. The molecule has 0 aliphatic carbocycles. The van der Waals surface area contributed by atoms with E-state index in [1.807, 2.05) is 38.1 Å². The number of hydrogen-bond acceptors (Lipinski definition) is 3. The number of nitrogens with two attached hydrogens (primary N) is 1. The van der Waals surface area contributed by atoms with Gasteiger partial charge in [-0.25, -0.2) is 13.6 Å². The van der Waals surface area contributed by atoms with Gasteiger partial charge in [0.15, 0.2) is 0 Å². The summed E-state index contributed by atoms with van der Waals surface area (Å²) in [7, 11) is -3.43. The van der Waals surface area contributed by atoms with Crippen LogP contribution < -0.4 is 9.88 Å². The van der Waals surface area contributed by atoms with Crippen molar-refractivity contribution in [2.75, 3.05) is 12.4 Å². The van der Waals surface area contributed by atoms with E-state index in [-0.39, 0.29) is 11.7 Å². The highest BCUT2D eigenvalue weighted by Crippen LogP contribution is 2.14. The number of aryl methyl sites for hydroxylation is 1. The van der Waals surface area contributed by atoms with Crippen LogP contribution in [0, 0.1) is 12.8 Å². The van der Waals surface area contributed by atoms with Crippen LogP contribution in [-0.2, 0) is 10.0 Å². The molecule has 1 unspecified atom stereocenters. The van der Waals surface area contributed by atoms with Crippen molar-refractivity contribution in [2.45, 2.75) is 20.3 Å². The fraction of sp³-hybridized carbons (Fsp3) is 0.500. The highest BCUT2D eigenvalue weighted by atomic mass is 32.2. The van der Waals surface area contributed by atoms with Gasteiger partial charge in [-0.15, -0.1) is 0 Å². The maximum absolute atomic E-state index is 11.0. The average molecular weight is 257 g/mol. The lowest BCUT2D eigenvalue weighted by Crippen LogP contribution is -2.26. The minimum absolute atomic E-state index is 0.0324. The van der Waals surface area contributed by atoms with Crippen molar-refractivity contribution >= 4 is 10.0 Å². The summed E-state index contributed by atoms with van der Waals surface area (Å²) < 4.78 is 27.5. The summed E-state index contributed by atoms with van der Waals surface area (Å²) >= 11 is 0. The van der Waals surface area contributed by atoms with Crippen LogP contribution >= 0.6 is 0 Å². The first-order valence-corrected chi connectivity index (χ1v) is 7.32. The van der Waals surface area contributed by atoms with E-state index in [4.69, 9.17) is 9.88 Å². The van der Waals surface area contributed by atoms with Crippen molar-refractivity contribution in [1.29, 1.82) is 0 Å². The smallest absolute Gasteiger partial charge is 0.209 e. The Bertz CT molecular complexity index is 439. The Morgan fingerprint density at radius 2 is 1.88 bits per heavy atom. The van der Waals surface area contributed by atoms with Gasteiger partial charge in [0.25, 0.3) is 0 Å². The standard InChI is InChI=1S/C12H19NO3S/c1-3-11(9-17(13,14)15)8-16-12-6-4-10(2)5-7-12/h4-7,11H,3,8-9H2,1-2H3,(H2,13,14,15). The number of ether oxygens (including phenoxy) is 1. The van der Waals surface area contributed by atoms with E-state index in [1.54, 1.807) is 0 Å². The van der Waals surface area contributed by atoms with Crippen LogP contribution in [0.5, 0.6) is 5.75 Å². The summed E-state index contributed by atoms with van der Waals surface area (Å²) in [6, 6.07) is 7.66. The second kappa shape index (κ2) is 6.02. The number of hydrogen-bond donors (Lipinski definition) is 1. The van der Waals surface area contributed by atoms with E-state index >= 15 is 0 Å². The van der Waals surface area contributed by atoms with Crippen LogP contribution in [0.3, 0.4) is 0 Å². The number of rotatable bonds is 6. The van der Waals surface area contributed by atoms with Gasteiger partial charge in [-0.3, -0.25) is 0 Å². The molecule has 0 aliphatic heterocycles. The first-order chi connectivity index (χ1) is 7.90. The Balaban J connectivity index is 2.50. The third-order valence-electron chi connectivity index (χ3n) is 2.55. The Morgan fingerprint density at radius 1 is 1.29 bits per heavy atom. The van der Waals surface area contributed by atoms with Crippen LogP contribution in [0.4, 0.5) is 0 Å². The lowest BCUT2D eigenvalue weighted by Gasteiger charge is -2.14. The van der Waals surface area contributed by atoms with Crippen LogP contribution in [0.25, 0.3) is 0 Å². The molecule has 0 heterocycles. The van der Waals surface area contributed by atoms with Gasteiger partial charge in [0, 0.05) is 5.92 Å². The predicted octanol–water partition coefficient (Wildman–Crippen LogP) is 1.69. The summed E-state index contributed by atoms with van der Waals surface area (Å²) in [6.45, 7) is 4.30. The lowest BCUT2D eigenvalue weighted by atomic mass is 10.1. The highest BCUT2D eigenvalue weighted by molar-refractivity contribution is 7.89. The van der Waals surface area contributed by atoms with Crippen molar-refractivity contribution in [1.82, 2.24) is 0 Å². The third kappa shape index (κ3) is 5.70. The lowest BCUT2D eigenvalue weighted by molar-refractivity contribution is 0.257. The van der Waals surface area contributed by atoms with E-state index in [2.05, 4.69) is 0 Å². The van der Waals surface area contributed by atoms with Crippen molar-refractivity contribution in [3.05, 3.63) is 29.8 Å². The maximum Gasteiger partial charge on any atom is 0.209 e. The number of benzene rings is 1. The fourth-order valence-corrected chi connectivity index (χ4v) is 2.45. The van der Waals surface area contributed by atoms with E-state index in [1.165, 1.54) is 0 Å². The van der Waals surface area contributed by atoms with Gasteiger partial charge in [0.1, 0.15) is 5.75 Å². The highest BCUT2D eigenvalue weighted by Gasteiger charge is 2.14. The normalized spacial score (nSPS) is 13.4. The monoisotopic (exact) mass is 257 g/mol. The zero-order valence-corrected chi connectivity index (χ0v) is 11.0. The van der Waals surface area contributed by atoms with Gasteiger partial charge < -0.3 is 4.74 Å². The summed E-state index contributed by atoms with van der Waals surface area (Å²) in [4.78, 5) is 0. The van der Waals surface area contributed by atoms with Crippen molar-refractivity contribution in [2.24, 2.45) is 11.1 Å².